The van der Waals surface area contributed by atoms with Gasteiger partial charge in [-0.1, -0.05) is 0 Å². The van der Waals surface area contributed by atoms with Crippen LogP contribution in [0.3, 0.4) is 0 Å². The molecular weight excluding hydrogens is 234 g/mol. The lowest BCUT2D eigenvalue weighted by Gasteiger charge is -2.22. The Morgan fingerprint density at radius 3 is 2.94 bits per heavy atom. The molecule has 1 amide bonds. The number of carbonyl (C=O) groups excluding carboxylic acids is 1. The highest BCUT2D eigenvalue weighted by atomic mass is 16.5. The van der Waals surface area contributed by atoms with E-state index in [9.17, 15) is 9.90 Å². The summed E-state index contributed by atoms with van der Waals surface area (Å²) in [6.07, 6.45) is 0.744. The molecule has 0 saturated carbocycles. The quantitative estimate of drug-likeness (QED) is 0.838. The summed E-state index contributed by atoms with van der Waals surface area (Å²) in [7, 11) is 0. The van der Waals surface area contributed by atoms with E-state index in [1.54, 1.807) is 19.1 Å². The predicted molar refractivity (Wildman–Crippen MR) is 65.0 cm³/mol. The van der Waals surface area contributed by atoms with Crippen molar-refractivity contribution >= 4 is 5.91 Å². The van der Waals surface area contributed by atoms with Crippen LogP contribution in [0, 0.1) is 12.8 Å². The van der Waals surface area contributed by atoms with Crippen LogP contribution in [0.25, 0.3) is 0 Å². The van der Waals surface area contributed by atoms with Gasteiger partial charge >= 0.3 is 0 Å². The van der Waals surface area contributed by atoms with Crippen LogP contribution >= 0.6 is 0 Å². The van der Waals surface area contributed by atoms with Gasteiger partial charge in [-0.25, -0.2) is 0 Å². The molecule has 2 unspecified atom stereocenters. The second kappa shape index (κ2) is 5.12. The molecular formula is C13H19NO4. The molecule has 0 radical (unpaired) electrons. The molecule has 0 aliphatic carbocycles. The molecule has 2 N–H and O–H groups in total. The Morgan fingerprint density at radius 1 is 1.61 bits per heavy atom. The molecule has 1 aromatic heterocycles. The molecule has 1 aliphatic heterocycles. The van der Waals surface area contributed by atoms with E-state index in [1.807, 2.05) is 6.92 Å². The van der Waals surface area contributed by atoms with Crippen molar-refractivity contribution in [2.24, 2.45) is 5.92 Å². The molecule has 5 nitrogen and oxygen atoms in total. The lowest BCUT2D eigenvalue weighted by atomic mass is 10.0. The van der Waals surface area contributed by atoms with Crippen molar-refractivity contribution in [3.63, 3.8) is 0 Å². The van der Waals surface area contributed by atoms with Crippen molar-refractivity contribution in [2.75, 3.05) is 19.8 Å². The summed E-state index contributed by atoms with van der Waals surface area (Å²) in [6.45, 7) is 4.67. The van der Waals surface area contributed by atoms with E-state index in [-0.39, 0.29) is 18.4 Å². The zero-order valence-corrected chi connectivity index (χ0v) is 10.7. The monoisotopic (exact) mass is 253 g/mol. The normalized spacial score (nSPS) is 22.7. The SMILES string of the molecule is Cc1ccc(C(C)(O)CNC(=O)C2CCOC2)o1. The van der Waals surface area contributed by atoms with Gasteiger partial charge in [-0.15, -0.1) is 0 Å². The van der Waals surface area contributed by atoms with E-state index in [0.717, 1.165) is 12.2 Å². The second-order valence-corrected chi connectivity index (χ2v) is 4.96. The van der Waals surface area contributed by atoms with E-state index in [4.69, 9.17) is 9.15 Å². The molecule has 2 heterocycles. The number of aliphatic hydroxyl groups is 1. The second-order valence-electron chi connectivity index (χ2n) is 4.96. The number of hydrogen-bond donors (Lipinski definition) is 2. The third-order valence-electron chi connectivity index (χ3n) is 3.18. The first-order valence-corrected chi connectivity index (χ1v) is 6.14. The van der Waals surface area contributed by atoms with Crippen LogP contribution in [-0.2, 0) is 15.1 Å². The first kappa shape index (κ1) is 13.1. The van der Waals surface area contributed by atoms with Gasteiger partial charge in [0.2, 0.25) is 5.91 Å². The Morgan fingerprint density at radius 2 is 2.39 bits per heavy atom. The van der Waals surface area contributed by atoms with Crippen LogP contribution in [0.4, 0.5) is 0 Å². The Kier molecular flexibility index (Phi) is 3.73. The molecule has 1 aromatic rings. The fourth-order valence-electron chi connectivity index (χ4n) is 1.96. The van der Waals surface area contributed by atoms with Gasteiger partial charge in [-0.2, -0.15) is 0 Å². The highest BCUT2D eigenvalue weighted by Gasteiger charge is 2.30. The lowest BCUT2D eigenvalue weighted by Crippen LogP contribution is -2.41. The van der Waals surface area contributed by atoms with Crippen LogP contribution in [0.5, 0.6) is 0 Å². The number of rotatable bonds is 4. The number of carbonyl (C=O) groups is 1. The molecule has 1 fully saturated rings. The van der Waals surface area contributed by atoms with E-state index >= 15 is 0 Å². The molecule has 5 heteroatoms. The predicted octanol–water partition coefficient (Wildman–Crippen LogP) is 0.948. The summed E-state index contributed by atoms with van der Waals surface area (Å²) < 4.78 is 10.5. The first-order valence-electron chi connectivity index (χ1n) is 6.14. The lowest BCUT2D eigenvalue weighted by molar-refractivity contribution is -0.126. The summed E-state index contributed by atoms with van der Waals surface area (Å²) in [6, 6.07) is 3.51. The number of ether oxygens (including phenoxy) is 1. The van der Waals surface area contributed by atoms with Crippen molar-refractivity contribution in [2.45, 2.75) is 25.9 Å². The average Bonchev–Trinajstić information content (AvgIpc) is 2.96. The number of amides is 1. The third kappa shape index (κ3) is 2.91. The zero-order valence-electron chi connectivity index (χ0n) is 10.7. The molecule has 0 bridgehead atoms. The Labute approximate surface area is 106 Å². The van der Waals surface area contributed by atoms with Crippen LogP contribution in [0.2, 0.25) is 0 Å². The largest absolute Gasteiger partial charge is 0.463 e. The number of nitrogens with one attached hydrogen (secondary N) is 1. The van der Waals surface area contributed by atoms with Crippen molar-refractivity contribution in [3.05, 3.63) is 23.7 Å². The summed E-state index contributed by atoms with van der Waals surface area (Å²) >= 11 is 0. The van der Waals surface area contributed by atoms with E-state index < -0.39 is 5.60 Å². The van der Waals surface area contributed by atoms with Gasteiger partial charge in [-0.05, 0) is 32.4 Å². The summed E-state index contributed by atoms with van der Waals surface area (Å²) in [5, 5.41) is 13.0. The summed E-state index contributed by atoms with van der Waals surface area (Å²) in [5.74, 6) is 1.03. The van der Waals surface area contributed by atoms with Gasteiger partial charge in [0.25, 0.3) is 0 Å². The molecule has 0 spiro atoms. The van der Waals surface area contributed by atoms with E-state index in [1.165, 1.54) is 0 Å². The molecule has 100 valence electrons. The maximum Gasteiger partial charge on any atom is 0.225 e. The Bertz CT molecular complexity index is 418. The molecule has 18 heavy (non-hydrogen) atoms. The zero-order chi connectivity index (χ0) is 13.2. The van der Waals surface area contributed by atoms with Gasteiger partial charge < -0.3 is 19.6 Å². The van der Waals surface area contributed by atoms with Crippen molar-refractivity contribution in [3.8, 4) is 0 Å². The highest BCUT2D eigenvalue weighted by Crippen LogP contribution is 2.22. The van der Waals surface area contributed by atoms with Gasteiger partial charge in [0.15, 0.2) is 0 Å². The van der Waals surface area contributed by atoms with E-state index in [0.29, 0.717) is 19.0 Å². The van der Waals surface area contributed by atoms with Crippen molar-refractivity contribution in [1.82, 2.24) is 5.32 Å². The number of furan rings is 1. The molecule has 2 atom stereocenters. The highest BCUT2D eigenvalue weighted by molar-refractivity contribution is 5.79. The van der Waals surface area contributed by atoms with Crippen LogP contribution < -0.4 is 5.32 Å². The topological polar surface area (TPSA) is 71.7 Å². The minimum absolute atomic E-state index is 0.0731. The third-order valence-corrected chi connectivity index (χ3v) is 3.18. The maximum absolute atomic E-state index is 11.8. The summed E-state index contributed by atoms with van der Waals surface area (Å²) in [5.41, 5.74) is -1.19. The Balaban J connectivity index is 1.90. The first-order chi connectivity index (χ1) is 8.49. The minimum Gasteiger partial charge on any atom is -0.463 e. The molecule has 0 aromatic carbocycles. The average molecular weight is 253 g/mol. The minimum atomic E-state index is -1.19. The smallest absolute Gasteiger partial charge is 0.225 e. The van der Waals surface area contributed by atoms with Crippen LogP contribution in [0.1, 0.15) is 24.9 Å². The van der Waals surface area contributed by atoms with Crippen molar-refractivity contribution < 1.29 is 19.1 Å². The van der Waals surface area contributed by atoms with Gasteiger partial charge in [-0.3, -0.25) is 4.79 Å². The fraction of sp³-hybridized carbons (Fsp3) is 0.615. The van der Waals surface area contributed by atoms with Crippen molar-refractivity contribution in [1.29, 1.82) is 0 Å². The van der Waals surface area contributed by atoms with Crippen LogP contribution in [0.15, 0.2) is 16.5 Å². The number of hydrogen-bond acceptors (Lipinski definition) is 4. The molecule has 1 saturated heterocycles. The van der Waals surface area contributed by atoms with Gasteiger partial charge in [0.05, 0.1) is 19.1 Å². The maximum atomic E-state index is 11.8. The van der Waals surface area contributed by atoms with Crippen LogP contribution in [-0.4, -0.2) is 30.8 Å². The molecule has 1 aliphatic rings. The van der Waals surface area contributed by atoms with Gasteiger partial charge in [0, 0.05) is 6.61 Å². The standard InChI is InChI=1S/C13H19NO4/c1-9-3-4-11(18-9)13(2,16)8-14-12(15)10-5-6-17-7-10/h3-4,10,16H,5-8H2,1-2H3,(H,14,15). The number of aryl methyl sites for hydroxylation is 1. The summed E-state index contributed by atoms with van der Waals surface area (Å²) in [4.78, 5) is 11.8. The molecule has 2 rings (SSSR count). The fourth-order valence-corrected chi connectivity index (χ4v) is 1.96. The Hall–Kier alpha value is -1.33. The van der Waals surface area contributed by atoms with Gasteiger partial charge in [0.1, 0.15) is 17.1 Å². The van der Waals surface area contributed by atoms with E-state index in [2.05, 4.69) is 5.32 Å².